The molecule has 140 valence electrons. The van der Waals surface area contributed by atoms with E-state index in [9.17, 15) is 15.0 Å². The van der Waals surface area contributed by atoms with Crippen molar-refractivity contribution in [3.63, 3.8) is 0 Å². The van der Waals surface area contributed by atoms with E-state index in [2.05, 4.69) is 4.98 Å². The van der Waals surface area contributed by atoms with E-state index in [-0.39, 0.29) is 24.3 Å². The van der Waals surface area contributed by atoms with Crippen molar-refractivity contribution in [2.24, 2.45) is 17.6 Å². The standard InChI is InChI=1S/C19H31N3O3/c20-17(23)9-8-15-11-22(12-21-15)16(10-13-4-2-1-3-5-13)19(25)18(24)14-6-7-14/h11-14,16,18-19,24-25H,1-10H2,(H2,20,23)/t16-,18-,19+/m0/s1. The largest absolute Gasteiger partial charge is 0.390 e. The van der Waals surface area contributed by atoms with Gasteiger partial charge in [-0.3, -0.25) is 4.79 Å². The normalized spacial score (nSPS) is 22.5. The van der Waals surface area contributed by atoms with Gasteiger partial charge in [0, 0.05) is 12.6 Å². The summed E-state index contributed by atoms with van der Waals surface area (Å²) >= 11 is 0. The number of aromatic nitrogens is 2. The van der Waals surface area contributed by atoms with Crippen LogP contribution in [0.4, 0.5) is 0 Å². The van der Waals surface area contributed by atoms with E-state index >= 15 is 0 Å². The van der Waals surface area contributed by atoms with Crippen LogP contribution in [0.15, 0.2) is 12.5 Å². The maximum Gasteiger partial charge on any atom is 0.217 e. The van der Waals surface area contributed by atoms with Gasteiger partial charge in [-0.15, -0.1) is 0 Å². The van der Waals surface area contributed by atoms with Crippen molar-refractivity contribution in [3.05, 3.63) is 18.2 Å². The van der Waals surface area contributed by atoms with Crippen LogP contribution in [0.3, 0.4) is 0 Å². The molecule has 2 aliphatic carbocycles. The van der Waals surface area contributed by atoms with Crippen molar-refractivity contribution in [2.75, 3.05) is 0 Å². The fourth-order valence-electron chi connectivity index (χ4n) is 4.09. The van der Waals surface area contributed by atoms with Gasteiger partial charge in [-0.2, -0.15) is 0 Å². The van der Waals surface area contributed by atoms with Crippen LogP contribution < -0.4 is 5.73 Å². The second kappa shape index (κ2) is 8.32. The van der Waals surface area contributed by atoms with Crippen LogP contribution in [0.1, 0.15) is 69.5 Å². The molecule has 0 unspecified atom stereocenters. The van der Waals surface area contributed by atoms with E-state index in [1.165, 1.54) is 32.1 Å². The molecule has 0 aliphatic heterocycles. The van der Waals surface area contributed by atoms with Gasteiger partial charge in [0.15, 0.2) is 0 Å². The first-order valence-electron chi connectivity index (χ1n) is 9.71. The molecule has 1 amide bonds. The van der Waals surface area contributed by atoms with E-state index < -0.39 is 12.2 Å². The molecule has 3 atom stereocenters. The van der Waals surface area contributed by atoms with E-state index in [0.717, 1.165) is 25.0 Å². The second-order valence-electron chi connectivity index (χ2n) is 7.90. The Morgan fingerprint density at radius 1 is 1.24 bits per heavy atom. The maximum atomic E-state index is 11.0. The predicted octanol–water partition coefficient (Wildman–Crippen LogP) is 1.94. The Balaban J connectivity index is 1.71. The van der Waals surface area contributed by atoms with Crippen LogP contribution >= 0.6 is 0 Å². The minimum Gasteiger partial charge on any atom is -0.390 e. The van der Waals surface area contributed by atoms with Gasteiger partial charge in [-0.05, 0) is 37.5 Å². The molecule has 0 radical (unpaired) electrons. The molecule has 6 heteroatoms. The summed E-state index contributed by atoms with van der Waals surface area (Å²) in [6, 6.07) is -0.159. The highest BCUT2D eigenvalue weighted by molar-refractivity contribution is 5.73. The van der Waals surface area contributed by atoms with Crippen LogP contribution in [0.2, 0.25) is 0 Å². The van der Waals surface area contributed by atoms with Crippen molar-refractivity contribution in [1.82, 2.24) is 9.55 Å². The number of nitrogens with two attached hydrogens (primary N) is 1. The third kappa shape index (κ3) is 5.05. The Kier molecular flexibility index (Phi) is 6.12. The Bertz CT molecular complexity index is 564. The number of amides is 1. The highest BCUT2D eigenvalue weighted by Crippen LogP contribution is 2.39. The first kappa shape index (κ1) is 18.4. The number of hydrogen-bond donors (Lipinski definition) is 3. The first-order chi connectivity index (χ1) is 12.0. The van der Waals surface area contributed by atoms with Crippen LogP contribution in [0.25, 0.3) is 0 Å². The summed E-state index contributed by atoms with van der Waals surface area (Å²) < 4.78 is 1.95. The minimum atomic E-state index is -0.771. The van der Waals surface area contributed by atoms with E-state index in [1.807, 2.05) is 10.8 Å². The van der Waals surface area contributed by atoms with Crippen molar-refractivity contribution in [2.45, 2.75) is 82.5 Å². The highest BCUT2D eigenvalue weighted by atomic mass is 16.3. The molecule has 4 N–H and O–H groups in total. The number of imidazole rings is 1. The van der Waals surface area contributed by atoms with Crippen molar-refractivity contribution >= 4 is 5.91 Å². The molecule has 1 heterocycles. The average Bonchev–Trinajstić information content (AvgIpc) is 3.36. The summed E-state index contributed by atoms with van der Waals surface area (Å²) in [4.78, 5) is 15.3. The lowest BCUT2D eigenvalue weighted by molar-refractivity contribution is -0.118. The molecular formula is C19H31N3O3. The summed E-state index contributed by atoms with van der Waals surface area (Å²) in [5, 5.41) is 21.3. The molecule has 2 aliphatic rings. The number of carbonyl (C=O) groups is 1. The molecule has 0 aromatic carbocycles. The molecular weight excluding hydrogens is 318 g/mol. The van der Waals surface area contributed by atoms with Crippen LogP contribution in [0, 0.1) is 11.8 Å². The Morgan fingerprint density at radius 2 is 1.96 bits per heavy atom. The van der Waals surface area contributed by atoms with Crippen molar-refractivity contribution < 1.29 is 15.0 Å². The smallest absolute Gasteiger partial charge is 0.217 e. The lowest BCUT2D eigenvalue weighted by Gasteiger charge is -2.32. The number of hydrogen-bond acceptors (Lipinski definition) is 4. The lowest BCUT2D eigenvalue weighted by Crippen LogP contribution is -2.37. The molecule has 0 saturated heterocycles. The number of carbonyl (C=O) groups excluding carboxylic acids is 1. The first-order valence-corrected chi connectivity index (χ1v) is 9.71. The van der Waals surface area contributed by atoms with Gasteiger partial charge in [-0.25, -0.2) is 4.98 Å². The number of aliphatic hydroxyl groups excluding tert-OH is 2. The number of rotatable bonds is 9. The fourth-order valence-corrected chi connectivity index (χ4v) is 4.09. The van der Waals surface area contributed by atoms with Gasteiger partial charge in [-0.1, -0.05) is 32.1 Å². The van der Waals surface area contributed by atoms with E-state index in [1.54, 1.807) is 6.33 Å². The summed E-state index contributed by atoms with van der Waals surface area (Å²) in [6.07, 6.45) is 12.1. The van der Waals surface area contributed by atoms with Gasteiger partial charge in [0.25, 0.3) is 0 Å². The Morgan fingerprint density at radius 3 is 2.60 bits per heavy atom. The SMILES string of the molecule is NC(=O)CCc1cn([C@@H](CC2CCCCC2)[C@@H](O)[C@@H](O)C2CC2)cn1. The van der Waals surface area contributed by atoms with Crippen molar-refractivity contribution in [1.29, 1.82) is 0 Å². The second-order valence-corrected chi connectivity index (χ2v) is 7.90. The molecule has 6 nitrogen and oxygen atoms in total. The average molecular weight is 349 g/mol. The van der Waals surface area contributed by atoms with Crippen LogP contribution in [0.5, 0.6) is 0 Å². The maximum absolute atomic E-state index is 11.0. The van der Waals surface area contributed by atoms with Gasteiger partial charge in [0.2, 0.25) is 5.91 Å². The number of nitrogens with zero attached hydrogens (tertiary/aromatic N) is 2. The fraction of sp³-hybridized carbons (Fsp3) is 0.789. The van der Waals surface area contributed by atoms with Gasteiger partial charge >= 0.3 is 0 Å². The van der Waals surface area contributed by atoms with Gasteiger partial charge in [0.05, 0.1) is 24.2 Å². The molecule has 3 rings (SSSR count). The molecule has 0 bridgehead atoms. The molecule has 0 spiro atoms. The molecule has 25 heavy (non-hydrogen) atoms. The molecule has 2 fully saturated rings. The van der Waals surface area contributed by atoms with Crippen LogP contribution in [-0.4, -0.2) is 37.9 Å². The zero-order valence-electron chi connectivity index (χ0n) is 14.9. The van der Waals surface area contributed by atoms with Crippen LogP contribution in [-0.2, 0) is 11.2 Å². The zero-order valence-corrected chi connectivity index (χ0v) is 14.9. The van der Waals surface area contributed by atoms with Gasteiger partial charge in [0.1, 0.15) is 6.10 Å². The Hall–Kier alpha value is -1.40. The van der Waals surface area contributed by atoms with Crippen molar-refractivity contribution in [3.8, 4) is 0 Å². The summed E-state index contributed by atoms with van der Waals surface area (Å²) in [7, 11) is 0. The summed E-state index contributed by atoms with van der Waals surface area (Å²) in [5.41, 5.74) is 6.02. The topological polar surface area (TPSA) is 101 Å². The number of aryl methyl sites for hydroxylation is 1. The molecule has 1 aromatic heterocycles. The molecule has 1 aromatic rings. The zero-order chi connectivity index (χ0) is 17.8. The minimum absolute atomic E-state index is 0.159. The third-order valence-corrected chi connectivity index (χ3v) is 5.81. The number of aliphatic hydroxyl groups is 2. The van der Waals surface area contributed by atoms with E-state index in [4.69, 9.17) is 5.73 Å². The highest BCUT2D eigenvalue weighted by Gasteiger charge is 2.39. The lowest BCUT2D eigenvalue weighted by atomic mass is 9.82. The monoisotopic (exact) mass is 349 g/mol. The summed E-state index contributed by atoms with van der Waals surface area (Å²) in [5.74, 6) is 0.496. The van der Waals surface area contributed by atoms with E-state index in [0.29, 0.717) is 12.3 Å². The quantitative estimate of drug-likeness (QED) is 0.634. The number of primary amides is 1. The van der Waals surface area contributed by atoms with Gasteiger partial charge < -0.3 is 20.5 Å². The third-order valence-electron chi connectivity index (χ3n) is 5.81. The predicted molar refractivity (Wildman–Crippen MR) is 94.7 cm³/mol. The summed E-state index contributed by atoms with van der Waals surface area (Å²) in [6.45, 7) is 0. The molecule has 2 saturated carbocycles. The Labute approximate surface area is 149 Å².